The maximum absolute atomic E-state index is 13.5. The quantitative estimate of drug-likeness (QED) is 0.417. The summed E-state index contributed by atoms with van der Waals surface area (Å²) in [7, 11) is 1.66. The molecule has 0 saturated carbocycles. The zero-order valence-corrected chi connectivity index (χ0v) is 21.3. The van der Waals surface area contributed by atoms with Gasteiger partial charge in [0.05, 0.1) is 24.4 Å². The molecule has 1 fully saturated rings. The highest BCUT2D eigenvalue weighted by atomic mass is 32.1. The van der Waals surface area contributed by atoms with Gasteiger partial charge in [0.15, 0.2) is 5.69 Å². The lowest BCUT2D eigenvalue weighted by molar-refractivity contribution is 0.0543. The van der Waals surface area contributed by atoms with Gasteiger partial charge in [-0.1, -0.05) is 48.9 Å². The first kappa shape index (κ1) is 23.5. The van der Waals surface area contributed by atoms with Crippen molar-refractivity contribution in [3.05, 3.63) is 58.6 Å². The number of rotatable bonds is 5. The van der Waals surface area contributed by atoms with E-state index >= 15 is 0 Å². The van der Waals surface area contributed by atoms with E-state index in [4.69, 9.17) is 14.8 Å². The molecule has 182 valence electrons. The van der Waals surface area contributed by atoms with E-state index in [0.717, 1.165) is 43.5 Å². The van der Waals surface area contributed by atoms with Crippen LogP contribution in [0, 0.1) is 6.92 Å². The molecule has 1 aliphatic heterocycles. The SMILES string of the molecule is COc1cccc(-c2nc(-n3nc(C(=O)N4CCC(O)CC4)c4cc(C)ccc43)sc2C(C)C)c1. The molecule has 1 aliphatic rings. The van der Waals surface area contributed by atoms with E-state index in [1.807, 2.05) is 49.4 Å². The number of fused-ring (bicyclic) bond motifs is 1. The monoisotopic (exact) mass is 490 g/mol. The fourth-order valence-corrected chi connectivity index (χ4v) is 5.59. The Morgan fingerprint density at radius 3 is 2.66 bits per heavy atom. The molecule has 0 radical (unpaired) electrons. The Morgan fingerprint density at radius 1 is 1.17 bits per heavy atom. The number of benzene rings is 2. The lowest BCUT2D eigenvalue weighted by atomic mass is 10.1. The lowest BCUT2D eigenvalue weighted by Gasteiger charge is -2.29. The first-order valence-corrected chi connectivity index (χ1v) is 12.8. The summed E-state index contributed by atoms with van der Waals surface area (Å²) in [6, 6.07) is 14.0. The van der Waals surface area contributed by atoms with Crippen LogP contribution in [0.3, 0.4) is 0 Å². The van der Waals surface area contributed by atoms with Crippen LogP contribution in [0.15, 0.2) is 42.5 Å². The van der Waals surface area contributed by atoms with Gasteiger partial charge in [-0.25, -0.2) is 9.67 Å². The molecule has 0 bridgehead atoms. The summed E-state index contributed by atoms with van der Waals surface area (Å²) >= 11 is 1.60. The van der Waals surface area contributed by atoms with E-state index in [-0.39, 0.29) is 17.9 Å². The molecule has 3 heterocycles. The Bertz CT molecular complexity index is 1380. The number of hydrogen-bond acceptors (Lipinski definition) is 6. The number of aromatic nitrogens is 3. The summed E-state index contributed by atoms with van der Waals surface area (Å²) in [5, 5.41) is 16.2. The van der Waals surface area contributed by atoms with Gasteiger partial charge >= 0.3 is 0 Å². The Hall–Kier alpha value is -3.23. The van der Waals surface area contributed by atoms with Crippen LogP contribution in [0.5, 0.6) is 5.75 Å². The van der Waals surface area contributed by atoms with Crippen molar-refractivity contribution in [3.8, 4) is 22.1 Å². The Kier molecular flexibility index (Phi) is 6.34. The summed E-state index contributed by atoms with van der Waals surface area (Å²) in [4.78, 5) is 21.5. The maximum Gasteiger partial charge on any atom is 0.275 e. The molecule has 1 N–H and O–H groups in total. The number of ether oxygens (including phenoxy) is 1. The summed E-state index contributed by atoms with van der Waals surface area (Å²) < 4.78 is 7.24. The van der Waals surface area contributed by atoms with Crippen molar-refractivity contribution in [1.29, 1.82) is 0 Å². The minimum Gasteiger partial charge on any atom is -0.497 e. The number of thiazole rings is 1. The zero-order valence-electron chi connectivity index (χ0n) is 20.5. The average Bonchev–Trinajstić information content (AvgIpc) is 3.46. The van der Waals surface area contributed by atoms with Gasteiger partial charge in [-0.15, -0.1) is 0 Å². The number of likely N-dealkylation sites (tertiary alicyclic amines) is 1. The number of carbonyl (C=O) groups is 1. The molecule has 4 aromatic rings. The molecular weight excluding hydrogens is 460 g/mol. The van der Waals surface area contributed by atoms with Crippen LogP contribution in [-0.4, -0.2) is 57.0 Å². The predicted octanol–water partition coefficient (Wildman–Crippen LogP) is 5.19. The van der Waals surface area contributed by atoms with E-state index in [0.29, 0.717) is 31.6 Å². The molecular formula is C27H30N4O3S. The van der Waals surface area contributed by atoms with Crippen LogP contribution in [0.1, 0.15) is 53.5 Å². The van der Waals surface area contributed by atoms with Gasteiger partial charge in [-0.3, -0.25) is 4.79 Å². The number of aliphatic hydroxyl groups is 1. The molecule has 2 aromatic heterocycles. The third kappa shape index (κ3) is 4.44. The largest absolute Gasteiger partial charge is 0.497 e. The molecule has 7 nitrogen and oxygen atoms in total. The first-order chi connectivity index (χ1) is 16.9. The number of methoxy groups -OCH3 is 1. The van der Waals surface area contributed by atoms with E-state index in [9.17, 15) is 9.90 Å². The second-order valence-electron chi connectivity index (χ2n) is 9.40. The number of piperidine rings is 1. The molecule has 5 rings (SSSR count). The molecule has 35 heavy (non-hydrogen) atoms. The van der Waals surface area contributed by atoms with E-state index < -0.39 is 0 Å². The second-order valence-corrected chi connectivity index (χ2v) is 10.4. The second kappa shape index (κ2) is 9.43. The Morgan fingerprint density at radius 2 is 1.94 bits per heavy atom. The molecule has 8 heteroatoms. The Labute approximate surface area is 209 Å². The maximum atomic E-state index is 13.5. The average molecular weight is 491 g/mol. The number of nitrogens with zero attached hydrogens (tertiary/aromatic N) is 4. The van der Waals surface area contributed by atoms with Gasteiger partial charge in [-0.05, 0) is 49.9 Å². The summed E-state index contributed by atoms with van der Waals surface area (Å²) in [5.74, 6) is 0.957. The highest BCUT2D eigenvalue weighted by Gasteiger charge is 2.28. The molecule has 0 spiro atoms. The fraction of sp³-hybridized carbons (Fsp3) is 0.370. The van der Waals surface area contributed by atoms with Gasteiger partial charge in [-0.2, -0.15) is 5.10 Å². The van der Waals surface area contributed by atoms with Crippen molar-refractivity contribution in [2.45, 2.75) is 45.6 Å². The van der Waals surface area contributed by atoms with Crippen LogP contribution in [0.2, 0.25) is 0 Å². The van der Waals surface area contributed by atoms with Gasteiger partial charge in [0.1, 0.15) is 5.75 Å². The minimum atomic E-state index is -0.338. The van der Waals surface area contributed by atoms with Gasteiger partial charge in [0.25, 0.3) is 5.91 Å². The molecule has 2 aromatic carbocycles. The Balaban J connectivity index is 1.63. The highest BCUT2D eigenvalue weighted by molar-refractivity contribution is 7.14. The number of amides is 1. The third-order valence-electron chi connectivity index (χ3n) is 6.48. The summed E-state index contributed by atoms with van der Waals surface area (Å²) in [6.45, 7) is 7.41. The minimum absolute atomic E-state index is 0.0973. The first-order valence-electron chi connectivity index (χ1n) is 12.0. The molecule has 1 saturated heterocycles. The van der Waals surface area contributed by atoms with Crippen molar-refractivity contribution >= 4 is 28.1 Å². The highest BCUT2D eigenvalue weighted by Crippen LogP contribution is 2.37. The molecule has 0 atom stereocenters. The lowest BCUT2D eigenvalue weighted by Crippen LogP contribution is -2.40. The fourth-order valence-electron chi connectivity index (χ4n) is 4.53. The van der Waals surface area contributed by atoms with E-state index in [1.54, 1.807) is 28.0 Å². The van der Waals surface area contributed by atoms with E-state index in [1.165, 1.54) is 0 Å². The van der Waals surface area contributed by atoms with Crippen molar-refractivity contribution in [2.24, 2.45) is 0 Å². The summed E-state index contributed by atoms with van der Waals surface area (Å²) in [6.07, 6.45) is 0.852. The number of aliphatic hydroxyl groups excluding tert-OH is 1. The van der Waals surface area contributed by atoms with Crippen molar-refractivity contribution < 1.29 is 14.6 Å². The summed E-state index contributed by atoms with van der Waals surface area (Å²) in [5.41, 5.74) is 4.26. The van der Waals surface area contributed by atoms with Crippen LogP contribution in [0.4, 0.5) is 0 Å². The molecule has 0 aliphatic carbocycles. The van der Waals surface area contributed by atoms with Crippen molar-refractivity contribution in [2.75, 3.05) is 20.2 Å². The predicted molar refractivity (Wildman–Crippen MR) is 139 cm³/mol. The van der Waals surface area contributed by atoms with Gasteiger partial charge < -0.3 is 14.7 Å². The van der Waals surface area contributed by atoms with Gasteiger partial charge in [0.2, 0.25) is 5.13 Å². The van der Waals surface area contributed by atoms with Crippen LogP contribution < -0.4 is 4.74 Å². The van der Waals surface area contributed by atoms with E-state index in [2.05, 4.69) is 13.8 Å². The molecule has 1 amide bonds. The number of aryl methyl sites for hydroxylation is 1. The standard InChI is InChI=1S/C27H30N4O3S/c1-16(2)25-23(18-6-5-7-20(15-18)34-4)28-27(35-25)31-22-9-8-17(3)14-21(22)24(29-31)26(33)30-12-10-19(32)11-13-30/h5-9,14-16,19,32H,10-13H2,1-4H3. The molecule has 0 unspecified atom stereocenters. The normalized spacial score (nSPS) is 14.7. The van der Waals surface area contributed by atoms with Crippen LogP contribution >= 0.6 is 11.3 Å². The van der Waals surface area contributed by atoms with Gasteiger partial charge in [0, 0.05) is 28.9 Å². The third-order valence-corrected chi connectivity index (χ3v) is 7.81. The van der Waals surface area contributed by atoms with Crippen molar-refractivity contribution in [3.63, 3.8) is 0 Å². The van der Waals surface area contributed by atoms with Crippen LogP contribution in [0.25, 0.3) is 27.3 Å². The van der Waals surface area contributed by atoms with Crippen molar-refractivity contribution in [1.82, 2.24) is 19.7 Å². The zero-order chi connectivity index (χ0) is 24.7. The topological polar surface area (TPSA) is 80.5 Å². The van der Waals surface area contributed by atoms with Crippen LogP contribution in [-0.2, 0) is 0 Å². The number of carbonyl (C=O) groups excluding carboxylic acids is 1. The smallest absolute Gasteiger partial charge is 0.275 e. The number of hydrogen-bond donors (Lipinski definition) is 1.